The molecule has 0 spiro atoms. The molecule has 2 rings (SSSR count). The molecule has 2 fully saturated rings. The molecule has 0 aromatic carbocycles. The van der Waals surface area contributed by atoms with Crippen LogP contribution in [0.25, 0.3) is 0 Å². The number of hydrogen-bond donors (Lipinski definition) is 1. The lowest BCUT2D eigenvalue weighted by Gasteiger charge is -2.43. The van der Waals surface area contributed by atoms with Gasteiger partial charge in [0.15, 0.2) is 0 Å². The van der Waals surface area contributed by atoms with Gasteiger partial charge < -0.3 is 5.32 Å². The van der Waals surface area contributed by atoms with Gasteiger partial charge in [0.1, 0.15) is 0 Å². The highest BCUT2D eigenvalue weighted by Crippen LogP contribution is 2.62. The Labute approximate surface area is 113 Å². The van der Waals surface area contributed by atoms with Crippen LogP contribution in [0.5, 0.6) is 0 Å². The van der Waals surface area contributed by atoms with E-state index in [-0.39, 0.29) is 11.3 Å². The van der Waals surface area contributed by atoms with E-state index in [4.69, 9.17) is 0 Å². The molecule has 1 amide bonds. The zero-order valence-electron chi connectivity index (χ0n) is 11.6. The smallest absolute Gasteiger partial charge is 0.236 e. The molecule has 3 unspecified atom stereocenters. The van der Waals surface area contributed by atoms with Crippen LogP contribution in [0, 0.1) is 16.7 Å². The first-order chi connectivity index (χ1) is 7.57. The summed E-state index contributed by atoms with van der Waals surface area (Å²) >= 11 is 3.45. The number of amides is 1. The molecule has 0 radical (unpaired) electrons. The van der Waals surface area contributed by atoms with E-state index < -0.39 is 4.32 Å². The van der Waals surface area contributed by atoms with Crippen molar-refractivity contribution >= 4 is 21.8 Å². The molecule has 2 saturated carbocycles. The number of nitrogens with one attached hydrogen (secondary N) is 1. The van der Waals surface area contributed by atoms with Crippen molar-refractivity contribution in [1.82, 2.24) is 5.32 Å². The molecule has 98 valence electrons. The number of carbonyl (C=O) groups is 1. The van der Waals surface area contributed by atoms with Crippen LogP contribution >= 0.6 is 15.9 Å². The molecule has 0 saturated heterocycles. The summed E-state index contributed by atoms with van der Waals surface area (Å²) < 4.78 is -0.471. The highest BCUT2D eigenvalue weighted by atomic mass is 79.9. The zero-order chi connectivity index (χ0) is 13.1. The summed E-state index contributed by atoms with van der Waals surface area (Å²) in [6, 6.07) is 0.318. The lowest BCUT2D eigenvalue weighted by atomic mass is 9.68. The Hall–Kier alpha value is -0.0500. The largest absolute Gasteiger partial charge is 0.351 e. The van der Waals surface area contributed by atoms with Crippen molar-refractivity contribution in [3.05, 3.63) is 0 Å². The van der Waals surface area contributed by atoms with E-state index in [0.29, 0.717) is 11.5 Å². The molecule has 1 N–H and O–H groups in total. The number of fused-ring (bicyclic) bond motifs is 2. The minimum Gasteiger partial charge on any atom is -0.351 e. The lowest BCUT2D eigenvalue weighted by Crippen LogP contribution is -2.55. The van der Waals surface area contributed by atoms with Gasteiger partial charge in [-0.05, 0) is 49.9 Å². The average molecular weight is 302 g/mol. The van der Waals surface area contributed by atoms with Gasteiger partial charge >= 0.3 is 0 Å². The van der Waals surface area contributed by atoms with Crippen LogP contribution in [-0.2, 0) is 4.79 Å². The maximum absolute atomic E-state index is 12.2. The summed E-state index contributed by atoms with van der Waals surface area (Å²) in [5, 5.41) is 3.30. The predicted octanol–water partition coefficient (Wildman–Crippen LogP) is 3.49. The van der Waals surface area contributed by atoms with Crippen LogP contribution < -0.4 is 5.32 Å². The van der Waals surface area contributed by atoms with E-state index in [1.54, 1.807) is 0 Å². The van der Waals surface area contributed by atoms with Crippen molar-refractivity contribution in [1.29, 1.82) is 0 Å². The molecule has 0 aliphatic heterocycles. The van der Waals surface area contributed by atoms with E-state index >= 15 is 0 Å². The number of halogens is 1. The first-order valence-corrected chi connectivity index (χ1v) is 7.36. The number of alkyl halides is 1. The van der Waals surface area contributed by atoms with Gasteiger partial charge in [-0.3, -0.25) is 4.79 Å². The van der Waals surface area contributed by atoms with Gasteiger partial charge in [-0.2, -0.15) is 0 Å². The Morgan fingerprint density at radius 3 is 2.35 bits per heavy atom. The van der Waals surface area contributed by atoms with Gasteiger partial charge in [0.2, 0.25) is 5.91 Å². The summed E-state index contributed by atoms with van der Waals surface area (Å²) in [5.41, 5.74) is 0.545. The summed E-state index contributed by atoms with van der Waals surface area (Å²) in [6.07, 6.45) is 3.86. The highest BCUT2D eigenvalue weighted by molar-refractivity contribution is 9.10. The Morgan fingerprint density at radius 1 is 1.35 bits per heavy atom. The second-order valence-corrected chi connectivity index (χ2v) is 9.28. The monoisotopic (exact) mass is 301 g/mol. The Balaban J connectivity index is 2.19. The molecule has 17 heavy (non-hydrogen) atoms. The molecule has 3 heteroatoms. The summed E-state index contributed by atoms with van der Waals surface area (Å²) in [5.74, 6) is 0.889. The molecular weight excluding hydrogens is 278 g/mol. The van der Waals surface area contributed by atoms with Gasteiger partial charge in [0, 0.05) is 6.04 Å². The second-order valence-electron chi connectivity index (χ2n) is 7.29. The van der Waals surface area contributed by atoms with Crippen LogP contribution in [0.3, 0.4) is 0 Å². The second kappa shape index (κ2) is 3.72. The van der Waals surface area contributed by atoms with E-state index in [9.17, 15) is 4.79 Å². The maximum atomic E-state index is 12.2. The van der Waals surface area contributed by atoms with Crippen LogP contribution in [0.4, 0.5) is 0 Å². The zero-order valence-corrected chi connectivity index (χ0v) is 13.1. The van der Waals surface area contributed by atoms with Crippen LogP contribution in [-0.4, -0.2) is 16.3 Å². The predicted molar refractivity (Wildman–Crippen MR) is 74.2 cm³/mol. The van der Waals surface area contributed by atoms with Crippen molar-refractivity contribution in [2.75, 3.05) is 0 Å². The fourth-order valence-corrected chi connectivity index (χ4v) is 4.08. The molecule has 2 nitrogen and oxygen atoms in total. The minimum atomic E-state index is -0.471. The Kier molecular flexibility index (Phi) is 2.93. The van der Waals surface area contributed by atoms with Crippen molar-refractivity contribution in [2.45, 2.75) is 64.2 Å². The number of carbonyl (C=O) groups excluding carboxylic acids is 1. The molecule has 3 atom stereocenters. The molecule has 2 bridgehead atoms. The van der Waals surface area contributed by atoms with E-state index in [1.165, 1.54) is 19.3 Å². The van der Waals surface area contributed by atoms with Crippen molar-refractivity contribution < 1.29 is 4.79 Å². The third kappa shape index (κ3) is 2.05. The first-order valence-electron chi connectivity index (χ1n) is 6.57. The molecule has 2 aliphatic carbocycles. The molecule has 0 aromatic rings. The molecule has 0 aromatic heterocycles. The third-order valence-electron chi connectivity index (χ3n) is 5.09. The molecule has 0 heterocycles. The van der Waals surface area contributed by atoms with Gasteiger partial charge in [0.25, 0.3) is 0 Å². The van der Waals surface area contributed by atoms with Gasteiger partial charge in [0.05, 0.1) is 4.32 Å². The Bertz CT molecular complexity index is 340. The topological polar surface area (TPSA) is 29.1 Å². The van der Waals surface area contributed by atoms with Gasteiger partial charge in [-0.25, -0.2) is 0 Å². The van der Waals surface area contributed by atoms with Gasteiger partial charge in [-0.1, -0.05) is 36.7 Å². The fourth-order valence-electron chi connectivity index (χ4n) is 3.96. The SMILES string of the molecule is CC(C)(Br)C(=O)NC1C2(C)CCC(C2)C1(C)C. The minimum absolute atomic E-state index is 0.115. The summed E-state index contributed by atoms with van der Waals surface area (Å²) in [6.45, 7) is 10.8. The molecule has 2 aliphatic rings. The van der Waals surface area contributed by atoms with E-state index in [0.717, 1.165) is 5.92 Å². The highest BCUT2D eigenvalue weighted by Gasteiger charge is 2.60. The average Bonchev–Trinajstić information content (AvgIpc) is 2.62. The van der Waals surface area contributed by atoms with Gasteiger partial charge in [-0.15, -0.1) is 0 Å². The first kappa shape index (κ1) is 13.4. The van der Waals surface area contributed by atoms with E-state index in [1.807, 2.05) is 13.8 Å². The van der Waals surface area contributed by atoms with Crippen molar-refractivity contribution in [2.24, 2.45) is 16.7 Å². The molecular formula is C14H24BrNO. The standard InChI is InChI=1S/C14H24BrNO/c1-12(2)9-6-7-14(5,8-9)10(12)16-11(17)13(3,4)15/h9-10H,6-8H2,1-5H3,(H,16,17). The summed E-state index contributed by atoms with van der Waals surface area (Å²) in [4.78, 5) is 12.2. The number of rotatable bonds is 2. The fraction of sp³-hybridized carbons (Fsp3) is 0.929. The quantitative estimate of drug-likeness (QED) is 0.777. The summed E-state index contributed by atoms with van der Waals surface area (Å²) in [7, 11) is 0. The van der Waals surface area contributed by atoms with Crippen LogP contribution in [0.2, 0.25) is 0 Å². The van der Waals surface area contributed by atoms with Crippen LogP contribution in [0.1, 0.15) is 53.9 Å². The van der Waals surface area contributed by atoms with Crippen molar-refractivity contribution in [3.8, 4) is 0 Å². The lowest BCUT2D eigenvalue weighted by molar-refractivity contribution is -0.125. The van der Waals surface area contributed by atoms with E-state index in [2.05, 4.69) is 42.0 Å². The number of hydrogen-bond acceptors (Lipinski definition) is 1. The van der Waals surface area contributed by atoms with Crippen LogP contribution in [0.15, 0.2) is 0 Å². The van der Waals surface area contributed by atoms with Crippen molar-refractivity contribution in [3.63, 3.8) is 0 Å². The maximum Gasteiger partial charge on any atom is 0.236 e. The Morgan fingerprint density at radius 2 is 1.94 bits per heavy atom. The normalized spacial score (nSPS) is 39.4. The third-order valence-corrected chi connectivity index (χ3v) is 5.45.